The van der Waals surface area contributed by atoms with Crippen molar-refractivity contribution in [1.29, 1.82) is 0 Å². The molecule has 122 valence electrons. The molecule has 23 heavy (non-hydrogen) atoms. The van der Waals surface area contributed by atoms with Gasteiger partial charge in [0, 0.05) is 17.3 Å². The first-order valence-corrected chi connectivity index (χ1v) is 7.99. The molecule has 2 amide bonds. The second kappa shape index (κ2) is 8.56. The largest absolute Gasteiger partial charge is 0.394 e. The van der Waals surface area contributed by atoms with Gasteiger partial charge in [0.1, 0.15) is 0 Å². The van der Waals surface area contributed by atoms with E-state index in [1.54, 1.807) is 29.2 Å². The van der Waals surface area contributed by atoms with E-state index in [9.17, 15) is 9.90 Å². The van der Waals surface area contributed by atoms with Crippen molar-refractivity contribution in [2.45, 2.75) is 25.9 Å². The predicted molar refractivity (Wildman–Crippen MR) is 93.6 cm³/mol. The topological polar surface area (TPSA) is 52.6 Å². The number of halogens is 1. The van der Waals surface area contributed by atoms with Crippen molar-refractivity contribution >= 4 is 23.3 Å². The van der Waals surface area contributed by atoms with Gasteiger partial charge < -0.3 is 15.3 Å². The van der Waals surface area contributed by atoms with Crippen LogP contribution < -0.4 is 5.32 Å². The molecule has 0 saturated heterocycles. The summed E-state index contributed by atoms with van der Waals surface area (Å²) < 4.78 is 0. The highest BCUT2D eigenvalue weighted by molar-refractivity contribution is 6.30. The molecule has 2 rings (SSSR count). The lowest BCUT2D eigenvalue weighted by Crippen LogP contribution is -2.44. The second-order valence-corrected chi connectivity index (χ2v) is 5.74. The maximum absolute atomic E-state index is 12.6. The Morgan fingerprint density at radius 3 is 2.57 bits per heavy atom. The monoisotopic (exact) mass is 332 g/mol. The Morgan fingerprint density at radius 2 is 1.96 bits per heavy atom. The minimum atomic E-state index is -0.253. The van der Waals surface area contributed by atoms with Crippen molar-refractivity contribution in [3.63, 3.8) is 0 Å². The van der Waals surface area contributed by atoms with Crippen LogP contribution in [0.1, 0.15) is 18.9 Å². The van der Waals surface area contributed by atoms with Crippen molar-refractivity contribution < 1.29 is 9.90 Å². The van der Waals surface area contributed by atoms with Crippen molar-refractivity contribution in [3.8, 4) is 0 Å². The van der Waals surface area contributed by atoms with Crippen LogP contribution in [0.5, 0.6) is 0 Å². The van der Waals surface area contributed by atoms with Crippen LogP contribution in [0.2, 0.25) is 5.02 Å². The summed E-state index contributed by atoms with van der Waals surface area (Å²) in [5.41, 5.74) is 1.65. The molecule has 2 aromatic carbocycles. The fourth-order valence-corrected chi connectivity index (χ4v) is 2.55. The summed E-state index contributed by atoms with van der Waals surface area (Å²) in [5, 5.41) is 13.0. The van der Waals surface area contributed by atoms with E-state index in [1.807, 2.05) is 37.3 Å². The van der Waals surface area contributed by atoms with Gasteiger partial charge in [0.2, 0.25) is 0 Å². The maximum atomic E-state index is 12.6. The summed E-state index contributed by atoms with van der Waals surface area (Å²) in [7, 11) is 0. The summed E-state index contributed by atoms with van der Waals surface area (Å²) in [5.74, 6) is 0. The molecule has 0 aliphatic heterocycles. The lowest BCUT2D eigenvalue weighted by atomic mass is 10.1. The zero-order chi connectivity index (χ0) is 16.7. The van der Waals surface area contributed by atoms with Crippen molar-refractivity contribution in [3.05, 3.63) is 65.2 Å². The number of hydrogen-bond donors (Lipinski definition) is 2. The van der Waals surface area contributed by atoms with Crippen LogP contribution in [-0.4, -0.2) is 28.7 Å². The molecular weight excluding hydrogens is 312 g/mol. The summed E-state index contributed by atoms with van der Waals surface area (Å²) in [6.45, 7) is 2.31. The Labute approximate surface area is 141 Å². The number of carbonyl (C=O) groups excluding carboxylic acids is 1. The molecule has 0 bridgehead atoms. The smallest absolute Gasteiger partial charge is 0.322 e. The third-order valence-corrected chi connectivity index (χ3v) is 3.89. The Bertz CT molecular complexity index is 630. The molecule has 2 aromatic rings. The number of hydrogen-bond acceptors (Lipinski definition) is 2. The number of carbonyl (C=O) groups is 1. The van der Waals surface area contributed by atoms with Crippen LogP contribution in [0, 0.1) is 0 Å². The van der Waals surface area contributed by atoms with Gasteiger partial charge >= 0.3 is 6.03 Å². The predicted octanol–water partition coefficient (Wildman–Crippen LogP) is 4.15. The molecule has 1 atom stereocenters. The van der Waals surface area contributed by atoms with Crippen LogP contribution in [0.4, 0.5) is 10.5 Å². The zero-order valence-electron chi connectivity index (χ0n) is 13.1. The third kappa shape index (κ3) is 4.98. The van der Waals surface area contributed by atoms with E-state index in [1.165, 1.54) is 0 Å². The van der Waals surface area contributed by atoms with Crippen molar-refractivity contribution in [1.82, 2.24) is 4.90 Å². The van der Waals surface area contributed by atoms with Gasteiger partial charge in [-0.2, -0.15) is 0 Å². The average Bonchev–Trinajstić information content (AvgIpc) is 2.56. The van der Waals surface area contributed by atoms with E-state index < -0.39 is 0 Å². The minimum absolute atomic E-state index is 0.0771. The normalized spacial score (nSPS) is 11.8. The SMILES string of the molecule is CC[C@@H](CO)N(Cc1ccccc1)C(=O)Nc1cccc(Cl)c1. The Balaban J connectivity index is 2.16. The second-order valence-electron chi connectivity index (χ2n) is 5.30. The number of amides is 2. The van der Waals surface area contributed by atoms with E-state index in [2.05, 4.69) is 5.32 Å². The van der Waals surface area contributed by atoms with Crippen LogP contribution >= 0.6 is 11.6 Å². The fourth-order valence-electron chi connectivity index (χ4n) is 2.36. The molecule has 0 aromatic heterocycles. The first-order chi connectivity index (χ1) is 11.1. The molecule has 0 aliphatic rings. The summed E-state index contributed by atoms with van der Waals surface area (Å²) in [6, 6.07) is 16.2. The van der Waals surface area contributed by atoms with Crippen LogP contribution in [0.15, 0.2) is 54.6 Å². The van der Waals surface area contributed by atoms with Gasteiger partial charge in [-0.1, -0.05) is 54.9 Å². The van der Waals surface area contributed by atoms with E-state index >= 15 is 0 Å². The van der Waals surface area contributed by atoms with Crippen molar-refractivity contribution in [2.75, 3.05) is 11.9 Å². The Kier molecular flexibility index (Phi) is 6.44. The van der Waals surface area contributed by atoms with Crippen LogP contribution in [-0.2, 0) is 6.54 Å². The number of anilines is 1. The molecule has 0 unspecified atom stereocenters. The molecule has 0 spiro atoms. The number of aliphatic hydroxyl groups is 1. The number of aliphatic hydroxyl groups excluding tert-OH is 1. The average molecular weight is 333 g/mol. The number of nitrogens with one attached hydrogen (secondary N) is 1. The minimum Gasteiger partial charge on any atom is -0.394 e. The Morgan fingerprint density at radius 1 is 1.22 bits per heavy atom. The zero-order valence-corrected chi connectivity index (χ0v) is 13.8. The summed E-state index contributed by atoms with van der Waals surface area (Å²) in [4.78, 5) is 14.3. The highest BCUT2D eigenvalue weighted by Crippen LogP contribution is 2.17. The molecule has 0 heterocycles. The number of benzene rings is 2. The molecule has 5 heteroatoms. The number of rotatable bonds is 6. The molecule has 4 nitrogen and oxygen atoms in total. The molecule has 2 N–H and O–H groups in total. The van der Waals surface area contributed by atoms with E-state index in [0.717, 1.165) is 5.56 Å². The van der Waals surface area contributed by atoms with Gasteiger partial charge in [-0.25, -0.2) is 4.79 Å². The standard InChI is InChI=1S/C18H21ClN2O2/c1-2-17(13-22)21(12-14-7-4-3-5-8-14)18(23)20-16-10-6-9-15(19)11-16/h3-11,17,22H,2,12-13H2,1H3,(H,20,23)/t17-/m0/s1. The van der Waals surface area contributed by atoms with Gasteiger partial charge in [-0.15, -0.1) is 0 Å². The van der Waals surface area contributed by atoms with Gasteiger partial charge in [0.05, 0.1) is 12.6 Å². The van der Waals surface area contributed by atoms with Gasteiger partial charge in [-0.3, -0.25) is 0 Å². The van der Waals surface area contributed by atoms with Gasteiger partial charge in [0.15, 0.2) is 0 Å². The van der Waals surface area contributed by atoms with Gasteiger partial charge in [-0.05, 0) is 30.2 Å². The summed E-state index contributed by atoms with van der Waals surface area (Å²) in [6.07, 6.45) is 0.673. The van der Waals surface area contributed by atoms with Gasteiger partial charge in [0.25, 0.3) is 0 Å². The highest BCUT2D eigenvalue weighted by Gasteiger charge is 2.22. The maximum Gasteiger partial charge on any atom is 0.322 e. The summed E-state index contributed by atoms with van der Waals surface area (Å²) >= 11 is 5.95. The van der Waals surface area contributed by atoms with E-state index in [0.29, 0.717) is 23.7 Å². The first-order valence-electron chi connectivity index (χ1n) is 7.62. The Hall–Kier alpha value is -2.04. The lowest BCUT2D eigenvalue weighted by Gasteiger charge is -2.30. The number of nitrogens with zero attached hydrogens (tertiary/aromatic N) is 1. The molecule has 0 aliphatic carbocycles. The van der Waals surface area contributed by atoms with E-state index in [-0.39, 0.29) is 18.7 Å². The molecule has 0 fully saturated rings. The highest BCUT2D eigenvalue weighted by atomic mass is 35.5. The van der Waals surface area contributed by atoms with Crippen molar-refractivity contribution in [2.24, 2.45) is 0 Å². The number of urea groups is 1. The van der Waals surface area contributed by atoms with E-state index in [4.69, 9.17) is 11.6 Å². The quantitative estimate of drug-likeness (QED) is 0.835. The fraction of sp³-hybridized carbons (Fsp3) is 0.278. The lowest BCUT2D eigenvalue weighted by molar-refractivity contribution is 0.134. The van der Waals surface area contributed by atoms with Crippen LogP contribution in [0.25, 0.3) is 0 Å². The molecular formula is C18H21ClN2O2. The first kappa shape index (κ1) is 17.3. The molecule has 0 radical (unpaired) electrons. The molecule has 0 saturated carbocycles. The van der Waals surface area contributed by atoms with Crippen LogP contribution in [0.3, 0.4) is 0 Å². The third-order valence-electron chi connectivity index (χ3n) is 3.66.